The highest BCUT2D eigenvalue weighted by molar-refractivity contribution is 7.14. The zero-order chi connectivity index (χ0) is 16.5. The van der Waals surface area contributed by atoms with Crippen LogP contribution in [0.2, 0.25) is 0 Å². The van der Waals surface area contributed by atoms with E-state index < -0.39 is 0 Å². The Morgan fingerprint density at radius 3 is 3.21 bits per heavy atom. The summed E-state index contributed by atoms with van der Waals surface area (Å²) >= 11 is 1.60. The Labute approximate surface area is 145 Å². The van der Waals surface area contributed by atoms with Crippen LogP contribution in [0, 0.1) is 5.92 Å². The number of rotatable bonds is 4. The molecule has 3 aromatic rings. The molecule has 0 saturated carbocycles. The molecule has 1 atom stereocenters. The number of nitrogens with zero attached hydrogens (tertiary/aromatic N) is 2. The van der Waals surface area contributed by atoms with Crippen LogP contribution >= 0.6 is 11.3 Å². The molecule has 4 nitrogen and oxygen atoms in total. The van der Waals surface area contributed by atoms with E-state index in [0.29, 0.717) is 0 Å². The molecule has 0 unspecified atom stereocenters. The largest absolute Gasteiger partial charge is 0.455 e. The van der Waals surface area contributed by atoms with E-state index in [0.717, 1.165) is 35.0 Å². The first-order valence-electron chi connectivity index (χ1n) is 8.44. The van der Waals surface area contributed by atoms with E-state index in [9.17, 15) is 4.79 Å². The highest BCUT2D eigenvalue weighted by atomic mass is 32.1. The first kappa shape index (κ1) is 15.4. The Morgan fingerprint density at radius 1 is 1.46 bits per heavy atom. The van der Waals surface area contributed by atoms with Gasteiger partial charge in [0.2, 0.25) is 0 Å². The lowest BCUT2D eigenvalue weighted by atomic mass is 9.87. The first-order chi connectivity index (χ1) is 11.7. The number of pyridine rings is 1. The summed E-state index contributed by atoms with van der Waals surface area (Å²) in [6.07, 6.45) is 8.47. The van der Waals surface area contributed by atoms with E-state index in [4.69, 9.17) is 4.74 Å². The predicted molar refractivity (Wildman–Crippen MR) is 94.4 cm³/mol. The van der Waals surface area contributed by atoms with E-state index in [1.165, 1.54) is 23.3 Å². The molecule has 0 aromatic carbocycles. The normalized spacial score (nSPS) is 17.0. The molecule has 3 aromatic heterocycles. The molecule has 4 rings (SSSR count). The molecule has 0 spiro atoms. The van der Waals surface area contributed by atoms with Gasteiger partial charge in [-0.15, -0.1) is 11.3 Å². The number of imidazole rings is 1. The summed E-state index contributed by atoms with van der Waals surface area (Å²) in [5.74, 6) is 0.522. The second-order valence-electron chi connectivity index (χ2n) is 6.35. The van der Waals surface area contributed by atoms with Crippen molar-refractivity contribution >= 4 is 23.0 Å². The van der Waals surface area contributed by atoms with Crippen molar-refractivity contribution in [2.45, 2.75) is 39.2 Å². The van der Waals surface area contributed by atoms with Gasteiger partial charge in [-0.2, -0.15) is 0 Å². The molecule has 0 bridgehead atoms. The predicted octanol–water partition coefficient (Wildman–Crippen LogP) is 4.27. The minimum atomic E-state index is -0.237. The molecular weight excluding hydrogens is 320 g/mol. The molecule has 1 aliphatic carbocycles. The lowest BCUT2D eigenvalue weighted by Gasteiger charge is -2.19. The third-order valence-corrected chi connectivity index (χ3v) is 5.95. The van der Waals surface area contributed by atoms with Gasteiger partial charge in [-0.25, -0.2) is 9.78 Å². The fraction of sp³-hybridized carbons (Fsp3) is 0.368. The van der Waals surface area contributed by atoms with Crippen molar-refractivity contribution in [3.8, 4) is 0 Å². The van der Waals surface area contributed by atoms with Crippen LogP contribution in [0.15, 0.2) is 36.7 Å². The van der Waals surface area contributed by atoms with Crippen molar-refractivity contribution in [2.24, 2.45) is 5.92 Å². The average molecular weight is 340 g/mol. The molecule has 0 aliphatic heterocycles. The van der Waals surface area contributed by atoms with Crippen molar-refractivity contribution in [1.29, 1.82) is 0 Å². The Morgan fingerprint density at radius 2 is 2.38 bits per heavy atom. The zero-order valence-electron chi connectivity index (χ0n) is 13.7. The first-order valence-corrected chi connectivity index (χ1v) is 9.26. The monoisotopic (exact) mass is 340 g/mol. The summed E-state index contributed by atoms with van der Waals surface area (Å²) in [6, 6.07) is 7.86. The molecular formula is C19H20N2O2S. The Hall–Kier alpha value is -2.14. The van der Waals surface area contributed by atoms with Gasteiger partial charge in [-0.1, -0.05) is 19.4 Å². The molecule has 0 saturated heterocycles. The van der Waals surface area contributed by atoms with E-state index in [-0.39, 0.29) is 12.6 Å². The van der Waals surface area contributed by atoms with Gasteiger partial charge in [0.05, 0.1) is 5.69 Å². The van der Waals surface area contributed by atoms with Gasteiger partial charge < -0.3 is 9.14 Å². The van der Waals surface area contributed by atoms with E-state index in [1.54, 1.807) is 11.3 Å². The molecule has 0 N–H and O–H groups in total. The minimum Gasteiger partial charge on any atom is -0.455 e. The number of carbonyl (C=O) groups excluding carboxylic acids is 1. The number of fused-ring (bicyclic) bond motifs is 2. The number of thiophene rings is 1. The van der Waals surface area contributed by atoms with Crippen molar-refractivity contribution in [2.75, 3.05) is 0 Å². The van der Waals surface area contributed by atoms with Crippen LogP contribution in [0.4, 0.5) is 0 Å². The fourth-order valence-electron chi connectivity index (χ4n) is 3.32. The van der Waals surface area contributed by atoms with Crippen molar-refractivity contribution in [3.05, 3.63) is 57.7 Å². The van der Waals surface area contributed by atoms with Gasteiger partial charge in [-0.3, -0.25) is 0 Å². The van der Waals surface area contributed by atoms with E-state index in [1.807, 2.05) is 41.1 Å². The Bertz CT molecular complexity index is 848. The van der Waals surface area contributed by atoms with Crippen LogP contribution in [-0.2, 0) is 24.2 Å². The zero-order valence-corrected chi connectivity index (χ0v) is 14.5. The Kier molecular flexibility index (Phi) is 4.10. The van der Waals surface area contributed by atoms with Crippen molar-refractivity contribution in [3.63, 3.8) is 0 Å². The summed E-state index contributed by atoms with van der Waals surface area (Å²) in [5, 5.41) is 0. The molecule has 3 heterocycles. The Balaban J connectivity index is 1.44. The third-order valence-electron chi connectivity index (χ3n) is 4.73. The molecule has 24 heavy (non-hydrogen) atoms. The number of aromatic nitrogens is 2. The summed E-state index contributed by atoms with van der Waals surface area (Å²) in [6.45, 7) is 2.45. The number of carbonyl (C=O) groups is 1. The lowest BCUT2D eigenvalue weighted by molar-refractivity contribution is 0.0474. The maximum Gasteiger partial charge on any atom is 0.348 e. The maximum atomic E-state index is 12.4. The van der Waals surface area contributed by atoms with Crippen LogP contribution in [0.5, 0.6) is 0 Å². The number of ether oxygens (including phenoxy) is 1. The topological polar surface area (TPSA) is 43.6 Å². The van der Waals surface area contributed by atoms with Crippen molar-refractivity contribution in [1.82, 2.24) is 9.38 Å². The van der Waals surface area contributed by atoms with Gasteiger partial charge >= 0.3 is 5.97 Å². The third kappa shape index (κ3) is 2.96. The van der Waals surface area contributed by atoms with Gasteiger partial charge in [0, 0.05) is 17.3 Å². The lowest BCUT2D eigenvalue weighted by Crippen LogP contribution is -2.10. The number of esters is 1. The molecule has 5 heteroatoms. The van der Waals surface area contributed by atoms with Gasteiger partial charge in [-0.05, 0) is 48.9 Å². The quantitative estimate of drug-likeness (QED) is 0.666. The van der Waals surface area contributed by atoms with Crippen LogP contribution in [0.25, 0.3) is 5.65 Å². The second kappa shape index (κ2) is 6.40. The van der Waals surface area contributed by atoms with Crippen LogP contribution < -0.4 is 0 Å². The average Bonchev–Trinajstić information content (AvgIpc) is 3.22. The van der Waals surface area contributed by atoms with Crippen LogP contribution in [0.1, 0.15) is 45.6 Å². The molecule has 1 aliphatic rings. The number of hydrogen-bond donors (Lipinski definition) is 0. The summed E-state index contributed by atoms with van der Waals surface area (Å²) in [4.78, 5) is 18.9. The van der Waals surface area contributed by atoms with Crippen LogP contribution in [-0.4, -0.2) is 15.4 Å². The molecule has 0 radical (unpaired) electrons. The van der Waals surface area contributed by atoms with Gasteiger partial charge in [0.1, 0.15) is 17.1 Å². The molecule has 0 fully saturated rings. The fourth-order valence-corrected chi connectivity index (χ4v) is 4.42. The molecule has 0 amide bonds. The number of aryl methyl sites for hydroxylation is 1. The minimum absolute atomic E-state index is 0.209. The molecule has 124 valence electrons. The summed E-state index contributed by atoms with van der Waals surface area (Å²) in [7, 11) is 0. The number of hydrogen-bond acceptors (Lipinski definition) is 4. The van der Waals surface area contributed by atoms with Gasteiger partial charge in [0.25, 0.3) is 0 Å². The SMILES string of the molecule is CC[C@H]1CCc2sc(C(=O)OCc3cn4ccccc4n3)cc2C1. The van der Waals surface area contributed by atoms with Crippen molar-refractivity contribution < 1.29 is 9.53 Å². The van der Waals surface area contributed by atoms with E-state index in [2.05, 4.69) is 11.9 Å². The van der Waals surface area contributed by atoms with Gasteiger partial charge in [0.15, 0.2) is 0 Å². The standard InChI is InChI=1S/C19H20N2O2S/c1-2-13-6-7-16-14(9-13)10-17(24-16)19(22)23-12-15-11-21-8-4-3-5-18(21)20-15/h3-5,8,10-11,13H,2,6-7,9,12H2,1H3/t13-/m0/s1. The van der Waals surface area contributed by atoms with Crippen LogP contribution in [0.3, 0.4) is 0 Å². The summed E-state index contributed by atoms with van der Waals surface area (Å²) < 4.78 is 7.40. The van der Waals surface area contributed by atoms with E-state index >= 15 is 0 Å². The summed E-state index contributed by atoms with van der Waals surface area (Å²) in [5.41, 5.74) is 2.97. The second-order valence-corrected chi connectivity index (χ2v) is 7.49. The highest BCUT2D eigenvalue weighted by Gasteiger charge is 2.22. The smallest absolute Gasteiger partial charge is 0.348 e. The maximum absolute atomic E-state index is 12.4. The highest BCUT2D eigenvalue weighted by Crippen LogP contribution is 2.33.